The van der Waals surface area contributed by atoms with Gasteiger partial charge in [-0.3, -0.25) is 0 Å². The summed E-state index contributed by atoms with van der Waals surface area (Å²) in [5, 5.41) is 17.8. The first-order valence-corrected chi connectivity index (χ1v) is 34.2. The van der Waals surface area contributed by atoms with Crippen molar-refractivity contribution in [2.75, 3.05) is 0 Å². The fourth-order valence-corrected chi connectivity index (χ4v) is 29.2. The topological polar surface area (TPSA) is 17.1 Å². The molecule has 0 radical (unpaired) electrons. The van der Waals surface area contributed by atoms with Gasteiger partial charge >= 0.3 is 0 Å². The Kier molecular flexibility index (Phi) is 13.9. The number of hydrogen-bond acceptors (Lipinski definition) is 1. The summed E-state index contributed by atoms with van der Waals surface area (Å²) in [5.41, 5.74) is 0. The van der Waals surface area contributed by atoms with Crippen LogP contribution in [-0.2, 0) is 4.57 Å². The van der Waals surface area contributed by atoms with Gasteiger partial charge in [-0.05, 0) is 62.2 Å². The van der Waals surface area contributed by atoms with Crippen LogP contribution in [0.15, 0.2) is 346 Å². The highest BCUT2D eigenvalue weighted by molar-refractivity contribution is 7.85. The summed E-state index contributed by atoms with van der Waals surface area (Å²) in [6, 6.07) is 126. The highest BCUT2D eigenvalue weighted by atomic mass is 31.2. The standard InChI is InChI=1S/C72H57OPSi3/c73-74(58-46-52-70(53-47-58)75(61-28-10-1-11-29-61,62-30-12-2-13-31-62)63-32-14-3-15-33-63,59-48-54-71(55-49-59)76(64-34-16-4-17-35-64,65-36-18-5-19-37-65)66-38-20-6-21-39-66)60-50-56-72(57-51-60)77(67-40-22-7-23-41-67,68-42-24-8-25-43-68)69-44-26-9-27-45-69/h1-57H. The van der Waals surface area contributed by atoms with Crippen molar-refractivity contribution in [2.24, 2.45) is 0 Å². The molecule has 0 aliphatic carbocycles. The van der Waals surface area contributed by atoms with Gasteiger partial charge < -0.3 is 4.57 Å². The van der Waals surface area contributed by atoms with Gasteiger partial charge in [-0.1, -0.05) is 346 Å². The Balaban J connectivity index is 1.08. The third-order valence-electron chi connectivity index (χ3n) is 15.9. The minimum Gasteiger partial charge on any atom is -0.309 e. The first-order chi connectivity index (χ1) is 38.1. The zero-order valence-corrected chi connectivity index (χ0v) is 46.7. The molecule has 1 nitrogen and oxygen atoms in total. The lowest BCUT2D eigenvalue weighted by atomic mass is 10.3. The van der Waals surface area contributed by atoms with Crippen molar-refractivity contribution in [3.63, 3.8) is 0 Å². The van der Waals surface area contributed by atoms with Gasteiger partial charge in [0.15, 0.2) is 31.4 Å². The van der Waals surface area contributed by atoms with Crippen LogP contribution >= 0.6 is 7.14 Å². The molecule has 0 saturated heterocycles. The van der Waals surface area contributed by atoms with Crippen LogP contribution in [0, 0.1) is 0 Å². The average molecular weight is 1050 g/mol. The van der Waals surface area contributed by atoms with Crippen LogP contribution in [0.25, 0.3) is 0 Å². The Hall–Kier alpha value is -8.48. The van der Waals surface area contributed by atoms with Crippen molar-refractivity contribution >= 4 is 110 Å². The first-order valence-electron chi connectivity index (χ1n) is 26.5. The third-order valence-corrected chi connectivity index (χ3v) is 33.3. The molecule has 0 saturated carbocycles. The minimum absolute atomic E-state index is 0.800. The first kappa shape index (κ1) is 49.4. The molecule has 0 atom stereocenters. The molecule has 0 aliphatic rings. The number of rotatable bonds is 15. The maximum absolute atomic E-state index is 17.4. The van der Waals surface area contributed by atoms with Gasteiger partial charge in [-0.2, -0.15) is 0 Å². The zero-order chi connectivity index (χ0) is 52.0. The molecule has 0 fully saturated rings. The molecule has 0 amide bonds. The zero-order valence-electron chi connectivity index (χ0n) is 42.8. The molecule has 12 aromatic rings. The molecule has 12 aromatic carbocycles. The van der Waals surface area contributed by atoms with Gasteiger partial charge in [0.05, 0.1) is 0 Å². The maximum atomic E-state index is 17.4. The van der Waals surface area contributed by atoms with Crippen molar-refractivity contribution in [3.05, 3.63) is 346 Å². The Morgan fingerprint density at radius 2 is 0.273 bits per heavy atom. The average Bonchev–Trinajstić information content (AvgIpc) is 3.66. The van der Waals surface area contributed by atoms with Crippen LogP contribution in [0.2, 0.25) is 0 Å². The van der Waals surface area contributed by atoms with Gasteiger partial charge in [0.1, 0.15) is 0 Å². The van der Waals surface area contributed by atoms with E-state index in [0.717, 1.165) is 15.9 Å². The van der Waals surface area contributed by atoms with E-state index in [0.29, 0.717) is 0 Å². The van der Waals surface area contributed by atoms with Crippen molar-refractivity contribution in [1.29, 1.82) is 0 Å². The van der Waals surface area contributed by atoms with Crippen LogP contribution in [0.5, 0.6) is 0 Å². The number of hydrogen-bond donors (Lipinski definition) is 0. The molecule has 12 rings (SSSR count). The molecular formula is C72H57OPSi3. The quantitative estimate of drug-likeness (QED) is 0.0593. The predicted molar refractivity (Wildman–Crippen MR) is 337 cm³/mol. The second kappa shape index (κ2) is 21.6. The maximum Gasteiger partial charge on any atom is 0.179 e. The SMILES string of the molecule is O=P(c1ccc([Si](c2ccccc2)(c2ccccc2)c2ccccc2)cc1)(c1ccc([Si](c2ccccc2)(c2ccccc2)c2ccccc2)cc1)c1ccc([Si](c2ccccc2)(c2ccccc2)c2ccccc2)cc1. The largest absolute Gasteiger partial charge is 0.309 e. The molecular weight excluding hydrogens is 996 g/mol. The fourth-order valence-electron chi connectivity index (χ4n) is 12.4. The highest BCUT2D eigenvalue weighted by Crippen LogP contribution is 2.42. The molecule has 5 heteroatoms. The van der Waals surface area contributed by atoms with E-state index in [1.54, 1.807) is 0 Å². The molecule has 0 unspecified atom stereocenters. The van der Waals surface area contributed by atoms with Crippen LogP contribution in [0.4, 0.5) is 0 Å². The van der Waals surface area contributed by atoms with Crippen molar-refractivity contribution < 1.29 is 4.57 Å². The summed E-state index contributed by atoms with van der Waals surface area (Å²) in [6.07, 6.45) is 0. The van der Waals surface area contributed by atoms with Gasteiger partial charge in [-0.25, -0.2) is 0 Å². The molecule has 77 heavy (non-hydrogen) atoms. The molecule has 0 aromatic heterocycles. The van der Waals surface area contributed by atoms with E-state index >= 15 is 4.57 Å². The van der Waals surface area contributed by atoms with E-state index in [9.17, 15) is 0 Å². The smallest absolute Gasteiger partial charge is 0.179 e. The molecule has 0 spiro atoms. The van der Waals surface area contributed by atoms with Crippen LogP contribution in [-0.4, -0.2) is 24.2 Å². The van der Waals surface area contributed by atoms with E-state index in [1.165, 1.54) is 62.2 Å². The van der Waals surface area contributed by atoms with E-state index in [4.69, 9.17) is 0 Å². The van der Waals surface area contributed by atoms with Gasteiger partial charge in [0, 0.05) is 15.9 Å². The van der Waals surface area contributed by atoms with E-state index in [-0.39, 0.29) is 0 Å². The lowest BCUT2D eigenvalue weighted by molar-refractivity contribution is 0.592. The lowest BCUT2D eigenvalue weighted by Crippen LogP contribution is -2.74. The number of benzene rings is 12. The second-order valence-electron chi connectivity index (χ2n) is 19.8. The predicted octanol–water partition coefficient (Wildman–Crippen LogP) is 7.46. The summed E-state index contributed by atoms with van der Waals surface area (Å²) in [7, 11) is -12.2. The molecule has 0 N–H and O–H groups in total. The van der Waals surface area contributed by atoms with Crippen LogP contribution < -0.4 is 78.2 Å². The summed E-state index contributed by atoms with van der Waals surface area (Å²) >= 11 is 0. The molecule has 0 aliphatic heterocycles. The van der Waals surface area contributed by atoms with Crippen molar-refractivity contribution in [2.45, 2.75) is 0 Å². The Morgan fingerprint density at radius 1 is 0.156 bits per heavy atom. The lowest BCUT2D eigenvalue weighted by Gasteiger charge is -2.35. The van der Waals surface area contributed by atoms with Gasteiger partial charge in [-0.15, -0.1) is 0 Å². The van der Waals surface area contributed by atoms with E-state index in [2.05, 4.69) is 346 Å². The van der Waals surface area contributed by atoms with E-state index in [1.807, 2.05) is 0 Å². The second-order valence-corrected chi connectivity index (χ2v) is 34.0. The van der Waals surface area contributed by atoms with Crippen molar-refractivity contribution in [3.8, 4) is 0 Å². The normalized spacial score (nSPS) is 11.9. The summed E-state index contributed by atoms with van der Waals surface area (Å²) < 4.78 is 17.4. The van der Waals surface area contributed by atoms with Crippen LogP contribution in [0.1, 0.15) is 0 Å². The third kappa shape index (κ3) is 8.61. The highest BCUT2D eigenvalue weighted by Gasteiger charge is 2.45. The molecule has 0 bridgehead atoms. The summed E-state index contributed by atoms with van der Waals surface area (Å²) in [4.78, 5) is 0. The minimum atomic E-state index is -3.59. The van der Waals surface area contributed by atoms with E-state index < -0.39 is 31.4 Å². The summed E-state index contributed by atoms with van der Waals surface area (Å²) in [6.45, 7) is 0. The summed E-state index contributed by atoms with van der Waals surface area (Å²) in [5.74, 6) is 0. The van der Waals surface area contributed by atoms with Gasteiger partial charge in [0.25, 0.3) is 0 Å². The van der Waals surface area contributed by atoms with Gasteiger partial charge in [0.2, 0.25) is 0 Å². The molecule has 0 heterocycles. The Morgan fingerprint density at radius 3 is 0.403 bits per heavy atom. The Labute approximate surface area is 456 Å². The monoisotopic (exact) mass is 1050 g/mol. The fraction of sp³-hybridized carbons (Fsp3) is 0. The molecule has 368 valence electrons. The Bertz CT molecular complexity index is 3170. The van der Waals surface area contributed by atoms with Crippen LogP contribution in [0.3, 0.4) is 0 Å². The van der Waals surface area contributed by atoms with Crippen molar-refractivity contribution in [1.82, 2.24) is 0 Å².